The van der Waals surface area contributed by atoms with Crippen LogP contribution in [0.15, 0.2) is 18.2 Å². The minimum Gasteiger partial charge on any atom is -0.504 e. The summed E-state index contributed by atoms with van der Waals surface area (Å²) in [4.78, 5) is 0. The quantitative estimate of drug-likeness (QED) is 0.712. The first kappa shape index (κ1) is 8.87. The van der Waals surface area contributed by atoms with E-state index in [1.807, 2.05) is 13.0 Å². The Morgan fingerprint density at radius 1 is 1.50 bits per heavy atom. The Hall–Kier alpha value is -1.22. The number of phenols is 1. The number of ether oxygens (including phenoxy) is 1. The van der Waals surface area contributed by atoms with Gasteiger partial charge in [-0.2, -0.15) is 0 Å². The summed E-state index contributed by atoms with van der Waals surface area (Å²) in [7, 11) is 0. The van der Waals surface area contributed by atoms with E-state index in [4.69, 9.17) is 10.5 Å². The van der Waals surface area contributed by atoms with Crippen LogP contribution in [0.2, 0.25) is 0 Å². The van der Waals surface area contributed by atoms with Crippen molar-refractivity contribution in [1.82, 2.24) is 0 Å². The molecule has 0 atom stereocenters. The Labute approximate surface area is 71.8 Å². The molecule has 1 aromatic carbocycles. The molecule has 0 unspecified atom stereocenters. The highest BCUT2D eigenvalue weighted by Crippen LogP contribution is 2.29. The summed E-state index contributed by atoms with van der Waals surface area (Å²) in [6.45, 7) is 2.78. The predicted molar refractivity (Wildman–Crippen MR) is 47.2 cm³/mol. The zero-order valence-electron chi connectivity index (χ0n) is 7.08. The van der Waals surface area contributed by atoms with Gasteiger partial charge in [0.1, 0.15) is 0 Å². The SMILES string of the molecule is CCOc1c(O)cccc1CN. The maximum absolute atomic E-state index is 9.37. The molecule has 0 heterocycles. The molecule has 3 heteroatoms. The fourth-order valence-corrected chi connectivity index (χ4v) is 1.04. The van der Waals surface area contributed by atoms with Gasteiger partial charge in [-0.1, -0.05) is 12.1 Å². The van der Waals surface area contributed by atoms with Crippen LogP contribution < -0.4 is 10.5 Å². The summed E-state index contributed by atoms with van der Waals surface area (Å²) < 4.78 is 5.23. The minimum atomic E-state index is 0.153. The molecule has 0 saturated heterocycles. The van der Waals surface area contributed by atoms with Gasteiger partial charge in [0.05, 0.1) is 6.61 Å². The highest BCUT2D eigenvalue weighted by Gasteiger charge is 2.05. The second-order valence-corrected chi connectivity index (χ2v) is 2.40. The molecule has 0 amide bonds. The first-order valence-electron chi connectivity index (χ1n) is 3.93. The van der Waals surface area contributed by atoms with Crippen LogP contribution in [0, 0.1) is 0 Å². The third-order valence-electron chi connectivity index (χ3n) is 1.58. The van der Waals surface area contributed by atoms with Crippen molar-refractivity contribution < 1.29 is 9.84 Å². The predicted octanol–water partition coefficient (Wildman–Crippen LogP) is 1.25. The van der Waals surface area contributed by atoms with Crippen molar-refractivity contribution in [2.24, 2.45) is 5.73 Å². The van der Waals surface area contributed by atoms with Gasteiger partial charge in [-0.05, 0) is 13.0 Å². The number of para-hydroxylation sites is 1. The van der Waals surface area contributed by atoms with Gasteiger partial charge < -0.3 is 15.6 Å². The molecule has 12 heavy (non-hydrogen) atoms. The lowest BCUT2D eigenvalue weighted by Crippen LogP contribution is -2.01. The monoisotopic (exact) mass is 167 g/mol. The molecule has 3 nitrogen and oxygen atoms in total. The average Bonchev–Trinajstić information content (AvgIpc) is 2.09. The molecule has 0 aliphatic carbocycles. The van der Waals surface area contributed by atoms with Crippen molar-refractivity contribution in [3.63, 3.8) is 0 Å². The Kier molecular flexibility index (Phi) is 2.94. The van der Waals surface area contributed by atoms with Gasteiger partial charge in [-0.3, -0.25) is 0 Å². The van der Waals surface area contributed by atoms with Crippen LogP contribution in [-0.4, -0.2) is 11.7 Å². The summed E-state index contributed by atoms with van der Waals surface area (Å²) in [6.07, 6.45) is 0. The van der Waals surface area contributed by atoms with E-state index in [0.29, 0.717) is 18.9 Å². The van der Waals surface area contributed by atoms with Gasteiger partial charge in [0.15, 0.2) is 11.5 Å². The molecule has 0 aromatic heterocycles. The average molecular weight is 167 g/mol. The van der Waals surface area contributed by atoms with Gasteiger partial charge in [0.2, 0.25) is 0 Å². The topological polar surface area (TPSA) is 55.5 Å². The molecule has 0 spiro atoms. The molecule has 0 aliphatic rings. The van der Waals surface area contributed by atoms with Crippen LogP contribution in [-0.2, 0) is 6.54 Å². The van der Waals surface area contributed by atoms with Gasteiger partial charge in [-0.25, -0.2) is 0 Å². The molecule has 0 bridgehead atoms. The van der Waals surface area contributed by atoms with E-state index < -0.39 is 0 Å². The minimum absolute atomic E-state index is 0.153. The first-order valence-corrected chi connectivity index (χ1v) is 3.93. The third kappa shape index (κ3) is 1.68. The smallest absolute Gasteiger partial charge is 0.165 e. The molecule has 1 aromatic rings. The Morgan fingerprint density at radius 2 is 2.25 bits per heavy atom. The number of benzene rings is 1. The van der Waals surface area contributed by atoms with E-state index in [2.05, 4.69) is 0 Å². The van der Waals surface area contributed by atoms with Crippen molar-refractivity contribution in [3.05, 3.63) is 23.8 Å². The largest absolute Gasteiger partial charge is 0.504 e. The van der Waals surface area contributed by atoms with Crippen molar-refractivity contribution in [2.75, 3.05) is 6.61 Å². The van der Waals surface area contributed by atoms with Gasteiger partial charge in [0.25, 0.3) is 0 Å². The zero-order valence-corrected chi connectivity index (χ0v) is 7.08. The summed E-state index contributed by atoms with van der Waals surface area (Å²) in [5.41, 5.74) is 6.29. The van der Waals surface area contributed by atoms with Crippen LogP contribution in [0.4, 0.5) is 0 Å². The normalized spacial score (nSPS) is 9.83. The lowest BCUT2D eigenvalue weighted by molar-refractivity contribution is 0.314. The summed E-state index contributed by atoms with van der Waals surface area (Å²) in [5.74, 6) is 0.655. The standard InChI is InChI=1S/C9H13NO2/c1-2-12-9-7(6-10)4-3-5-8(9)11/h3-5,11H,2,6,10H2,1H3. The Balaban J connectivity index is 3.02. The molecular weight excluding hydrogens is 154 g/mol. The van der Waals surface area contributed by atoms with Crippen molar-refractivity contribution in [1.29, 1.82) is 0 Å². The molecule has 3 N–H and O–H groups in total. The maximum Gasteiger partial charge on any atom is 0.165 e. The fraction of sp³-hybridized carbons (Fsp3) is 0.333. The lowest BCUT2D eigenvalue weighted by Gasteiger charge is -2.09. The molecule has 0 saturated carbocycles. The number of hydrogen-bond acceptors (Lipinski definition) is 3. The van der Waals surface area contributed by atoms with E-state index >= 15 is 0 Å². The van der Waals surface area contributed by atoms with Gasteiger partial charge in [0, 0.05) is 12.1 Å². The highest BCUT2D eigenvalue weighted by atomic mass is 16.5. The number of nitrogens with two attached hydrogens (primary N) is 1. The van der Waals surface area contributed by atoms with Crippen molar-refractivity contribution >= 4 is 0 Å². The molecule has 0 aliphatic heterocycles. The molecule has 0 fully saturated rings. The van der Waals surface area contributed by atoms with E-state index in [1.165, 1.54) is 0 Å². The molecule has 1 rings (SSSR count). The van der Waals surface area contributed by atoms with E-state index in [-0.39, 0.29) is 5.75 Å². The van der Waals surface area contributed by atoms with Crippen molar-refractivity contribution in [3.8, 4) is 11.5 Å². The summed E-state index contributed by atoms with van der Waals surface area (Å²) in [5, 5.41) is 9.37. The van der Waals surface area contributed by atoms with Gasteiger partial charge >= 0.3 is 0 Å². The Morgan fingerprint density at radius 3 is 2.83 bits per heavy atom. The zero-order chi connectivity index (χ0) is 8.97. The van der Waals surface area contributed by atoms with Crippen molar-refractivity contribution in [2.45, 2.75) is 13.5 Å². The highest BCUT2D eigenvalue weighted by molar-refractivity contribution is 5.45. The Bertz CT molecular complexity index is 261. The van der Waals surface area contributed by atoms with Crippen LogP contribution >= 0.6 is 0 Å². The fourth-order valence-electron chi connectivity index (χ4n) is 1.04. The molecule has 0 radical (unpaired) electrons. The molecule has 66 valence electrons. The number of aromatic hydroxyl groups is 1. The van der Waals surface area contributed by atoms with Crippen LogP contribution in [0.25, 0.3) is 0 Å². The lowest BCUT2D eigenvalue weighted by atomic mass is 10.2. The third-order valence-corrected chi connectivity index (χ3v) is 1.58. The van der Waals surface area contributed by atoms with E-state index in [0.717, 1.165) is 5.56 Å². The number of hydrogen-bond donors (Lipinski definition) is 2. The second-order valence-electron chi connectivity index (χ2n) is 2.40. The van der Waals surface area contributed by atoms with Gasteiger partial charge in [-0.15, -0.1) is 0 Å². The van der Waals surface area contributed by atoms with Crippen LogP contribution in [0.3, 0.4) is 0 Å². The number of rotatable bonds is 3. The van der Waals surface area contributed by atoms with Crippen LogP contribution in [0.5, 0.6) is 11.5 Å². The first-order chi connectivity index (χ1) is 5.79. The van der Waals surface area contributed by atoms with Crippen LogP contribution in [0.1, 0.15) is 12.5 Å². The molecular formula is C9H13NO2. The second kappa shape index (κ2) is 3.97. The summed E-state index contributed by atoms with van der Waals surface area (Å²) in [6, 6.07) is 5.18. The van der Waals surface area contributed by atoms with E-state index in [1.54, 1.807) is 12.1 Å². The summed E-state index contributed by atoms with van der Waals surface area (Å²) >= 11 is 0. The van der Waals surface area contributed by atoms with E-state index in [9.17, 15) is 5.11 Å². The maximum atomic E-state index is 9.37. The number of phenolic OH excluding ortho intramolecular Hbond substituents is 1.